The van der Waals surface area contributed by atoms with Crippen molar-refractivity contribution < 1.29 is 18.4 Å². The van der Waals surface area contributed by atoms with Gasteiger partial charge in [-0.2, -0.15) is 4.39 Å². The van der Waals surface area contributed by atoms with Gasteiger partial charge in [-0.25, -0.2) is 4.39 Å². The van der Waals surface area contributed by atoms with E-state index >= 15 is 0 Å². The fourth-order valence-corrected chi connectivity index (χ4v) is 5.83. The van der Waals surface area contributed by atoms with E-state index in [1.807, 2.05) is 19.1 Å². The molecule has 0 aliphatic carbocycles. The average molecular weight is 563 g/mol. The first-order valence-corrected chi connectivity index (χ1v) is 13.5. The van der Waals surface area contributed by atoms with Crippen LogP contribution in [0.1, 0.15) is 29.7 Å². The lowest BCUT2D eigenvalue weighted by Gasteiger charge is -2.40. The van der Waals surface area contributed by atoms with Gasteiger partial charge in [-0.15, -0.1) is 0 Å². The normalized spacial score (nSPS) is 16.7. The van der Waals surface area contributed by atoms with Crippen molar-refractivity contribution in [3.8, 4) is 5.75 Å². The SMILES string of the molecule is Cc1cc(CN(Cc2cn3c4c(c(F)c(F)cc4c2=O)OCC3)C2CCCN(c3ccc([N+](=O)[O-])nc3)C2)ccn1. The van der Waals surface area contributed by atoms with Crippen molar-refractivity contribution in [2.24, 2.45) is 0 Å². The lowest BCUT2D eigenvalue weighted by atomic mass is 10.0. The first kappa shape index (κ1) is 26.8. The number of piperidine rings is 1. The number of halogens is 2. The Hall–Kier alpha value is -4.45. The summed E-state index contributed by atoms with van der Waals surface area (Å²) in [5.41, 5.74) is 3.11. The highest BCUT2D eigenvalue weighted by molar-refractivity contribution is 5.86. The van der Waals surface area contributed by atoms with E-state index in [0.29, 0.717) is 31.7 Å². The second kappa shape index (κ2) is 10.8. The standard InChI is InChI=1S/C29H28F2N6O4/c1-18-11-19(6-7-32-18)14-36(22-3-2-8-34(17-22)21-4-5-25(33-13-21)37(39)40)16-20-15-35-9-10-41-29-26(31)24(30)12-23(27(29)35)28(20)38/h4-7,11-13,15,22H,2-3,8-10,14,16-17H2,1H3. The van der Waals surface area contributed by atoms with Crippen LogP contribution in [-0.2, 0) is 19.6 Å². The van der Waals surface area contributed by atoms with Gasteiger partial charge in [0.2, 0.25) is 5.82 Å². The molecule has 212 valence electrons. The Bertz CT molecular complexity index is 1690. The summed E-state index contributed by atoms with van der Waals surface area (Å²) in [6.07, 6.45) is 6.76. The lowest BCUT2D eigenvalue weighted by Crippen LogP contribution is -2.48. The Kier molecular flexibility index (Phi) is 7.08. The molecular formula is C29H28F2N6O4. The highest BCUT2D eigenvalue weighted by Gasteiger charge is 2.29. The highest BCUT2D eigenvalue weighted by atomic mass is 19.2. The summed E-state index contributed by atoms with van der Waals surface area (Å²) in [4.78, 5) is 36.9. The smallest absolute Gasteiger partial charge is 0.363 e. The summed E-state index contributed by atoms with van der Waals surface area (Å²) in [5, 5.41) is 11.2. The third-order valence-corrected chi connectivity index (χ3v) is 7.78. The molecule has 4 aromatic rings. The molecular weight excluding hydrogens is 534 g/mol. The fourth-order valence-electron chi connectivity index (χ4n) is 5.83. The molecule has 10 nitrogen and oxygen atoms in total. The highest BCUT2D eigenvalue weighted by Crippen LogP contribution is 2.33. The number of aromatic nitrogens is 3. The number of rotatable bonds is 7. The summed E-state index contributed by atoms with van der Waals surface area (Å²) in [5.74, 6) is -2.63. The second-order valence-electron chi connectivity index (χ2n) is 10.5. The number of pyridine rings is 3. The number of nitrogens with zero attached hydrogens (tertiary/aromatic N) is 6. The molecule has 1 saturated heterocycles. The molecule has 0 saturated carbocycles. The Morgan fingerprint density at radius 1 is 1.17 bits per heavy atom. The van der Waals surface area contributed by atoms with Crippen molar-refractivity contribution in [1.82, 2.24) is 19.4 Å². The van der Waals surface area contributed by atoms with Crippen molar-refractivity contribution in [3.63, 3.8) is 0 Å². The number of aryl methyl sites for hydroxylation is 1. The minimum absolute atomic E-state index is 0.0349. The van der Waals surface area contributed by atoms with Gasteiger partial charge >= 0.3 is 5.82 Å². The van der Waals surface area contributed by atoms with E-state index in [-0.39, 0.29) is 40.5 Å². The first-order valence-electron chi connectivity index (χ1n) is 13.5. The van der Waals surface area contributed by atoms with Crippen molar-refractivity contribution in [3.05, 3.63) is 97.7 Å². The maximum atomic E-state index is 14.5. The van der Waals surface area contributed by atoms with Crippen LogP contribution < -0.4 is 15.1 Å². The van der Waals surface area contributed by atoms with Crippen LogP contribution in [0.3, 0.4) is 0 Å². The summed E-state index contributed by atoms with van der Waals surface area (Å²) >= 11 is 0. The zero-order valence-electron chi connectivity index (χ0n) is 22.4. The van der Waals surface area contributed by atoms with Crippen LogP contribution in [0.15, 0.2) is 53.7 Å². The number of ether oxygens (including phenoxy) is 1. The third-order valence-electron chi connectivity index (χ3n) is 7.78. The van der Waals surface area contributed by atoms with E-state index < -0.39 is 16.6 Å². The number of hydrogen-bond acceptors (Lipinski definition) is 8. The van der Waals surface area contributed by atoms with Crippen LogP contribution in [0.4, 0.5) is 20.3 Å². The molecule has 0 radical (unpaired) electrons. The topological polar surface area (TPSA) is 107 Å². The van der Waals surface area contributed by atoms with Crippen molar-refractivity contribution in [2.75, 3.05) is 24.6 Å². The van der Waals surface area contributed by atoms with Crippen LogP contribution in [0.2, 0.25) is 0 Å². The average Bonchev–Trinajstić information content (AvgIpc) is 2.97. The summed E-state index contributed by atoms with van der Waals surface area (Å²) < 4.78 is 36.1. The van der Waals surface area contributed by atoms with Gasteiger partial charge in [0, 0.05) is 61.9 Å². The minimum atomic E-state index is -1.11. The molecule has 3 aromatic heterocycles. The van der Waals surface area contributed by atoms with E-state index in [1.54, 1.807) is 23.0 Å². The molecule has 0 spiro atoms. The monoisotopic (exact) mass is 562 g/mol. The molecule has 0 amide bonds. The minimum Gasteiger partial charge on any atom is -0.486 e. The molecule has 1 fully saturated rings. The Labute approximate surface area is 234 Å². The zero-order valence-corrected chi connectivity index (χ0v) is 22.4. The number of nitro groups is 1. The van der Waals surface area contributed by atoms with E-state index in [2.05, 4.69) is 19.8 Å². The fraction of sp³-hybridized carbons (Fsp3) is 0.345. The quantitative estimate of drug-likeness (QED) is 0.242. The van der Waals surface area contributed by atoms with Crippen LogP contribution >= 0.6 is 0 Å². The molecule has 2 aliphatic rings. The van der Waals surface area contributed by atoms with Gasteiger partial charge in [0.1, 0.15) is 6.61 Å². The van der Waals surface area contributed by atoms with Crippen molar-refractivity contribution >= 4 is 22.4 Å². The third kappa shape index (κ3) is 5.22. The Morgan fingerprint density at radius 2 is 2.02 bits per heavy atom. The zero-order chi connectivity index (χ0) is 28.7. The molecule has 1 aromatic carbocycles. The van der Waals surface area contributed by atoms with Gasteiger partial charge in [0.25, 0.3) is 0 Å². The maximum absolute atomic E-state index is 14.5. The van der Waals surface area contributed by atoms with Gasteiger partial charge in [-0.3, -0.25) is 14.7 Å². The van der Waals surface area contributed by atoms with Gasteiger partial charge < -0.3 is 24.3 Å². The van der Waals surface area contributed by atoms with Gasteiger partial charge in [0.15, 0.2) is 23.2 Å². The Morgan fingerprint density at radius 3 is 2.78 bits per heavy atom. The van der Waals surface area contributed by atoms with Crippen molar-refractivity contribution in [1.29, 1.82) is 0 Å². The van der Waals surface area contributed by atoms with E-state index in [4.69, 9.17) is 4.74 Å². The molecule has 1 atom stereocenters. The number of benzene rings is 1. The molecule has 41 heavy (non-hydrogen) atoms. The van der Waals surface area contributed by atoms with Gasteiger partial charge in [-0.1, -0.05) is 0 Å². The van der Waals surface area contributed by atoms with Gasteiger partial charge in [-0.05, 0) is 59.5 Å². The predicted octanol–water partition coefficient (Wildman–Crippen LogP) is 4.35. The summed E-state index contributed by atoms with van der Waals surface area (Å²) in [6, 6.07) is 8.06. The van der Waals surface area contributed by atoms with E-state index in [1.165, 1.54) is 12.3 Å². The molecule has 0 N–H and O–H groups in total. The number of anilines is 1. The molecule has 0 bridgehead atoms. The van der Waals surface area contributed by atoms with Crippen molar-refractivity contribution in [2.45, 2.75) is 45.4 Å². The molecule has 6 rings (SSSR count). The van der Waals surface area contributed by atoms with E-state index in [9.17, 15) is 23.7 Å². The van der Waals surface area contributed by atoms with Crippen LogP contribution in [0.25, 0.3) is 10.9 Å². The molecule has 2 aliphatic heterocycles. The molecule has 5 heterocycles. The van der Waals surface area contributed by atoms with Gasteiger partial charge in [0.05, 0.1) is 23.1 Å². The number of hydrogen-bond donors (Lipinski definition) is 0. The predicted molar refractivity (Wildman–Crippen MR) is 148 cm³/mol. The first-order chi connectivity index (χ1) is 19.8. The van der Waals surface area contributed by atoms with E-state index in [0.717, 1.165) is 42.4 Å². The second-order valence-corrected chi connectivity index (χ2v) is 10.5. The maximum Gasteiger partial charge on any atom is 0.363 e. The molecule has 12 heteroatoms. The summed E-state index contributed by atoms with van der Waals surface area (Å²) in [6.45, 7) is 4.75. The van der Waals surface area contributed by atoms with Crippen LogP contribution in [0, 0.1) is 28.7 Å². The van der Waals surface area contributed by atoms with Crippen LogP contribution in [0.5, 0.6) is 5.75 Å². The lowest BCUT2D eigenvalue weighted by molar-refractivity contribution is -0.389. The largest absolute Gasteiger partial charge is 0.486 e. The van der Waals surface area contributed by atoms with Crippen LogP contribution in [-0.4, -0.2) is 50.1 Å². The Balaban J connectivity index is 1.36. The molecule has 1 unspecified atom stereocenters. The summed E-state index contributed by atoms with van der Waals surface area (Å²) in [7, 11) is 0.